The van der Waals surface area contributed by atoms with Gasteiger partial charge in [-0.15, -0.1) is 0 Å². The Morgan fingerprint density at radius 2 is 2.05 bits per heavy atom. The highest BCUT2D eigenvalue weighted by Crippen LogP contribution is 2.08. The summed E-state index contributed by atoms with van der Waals surface area (Å²) in [7, 11) is 1.78. The van der Waals surface area contributed by atoms with Crippen LogP contribution in [0.3, 0.4) is 0 Å². The molecule has 0 fully saturated rings. The third-order valence-electron chi connectivity index (χ3n) is 3.13. The molecule has 5 nitrogen and oxygen atoms in total. The lowest BCUT2D eigenvalue weighted by atomic mass is 10.1. The number of hydrogen-bond acceptors (Lipinski definition) is 3. The van der Waals surface area contributed by atoms with E-state index < -0.39 is 0 Å². The van der Waals surface area contributed by atoms with Crippen LogP contribution in [0.2, 0.25) is 0 Å². The summed E-state index contributed by atoms with van der Waals surface area (Å²) in [6.45, 7) is 3.82. The summed E-state index contributed by atoms with van der Waals surface area (Å²) < 4.78 is 1.83. The lowest BCUT2D eigenvalue weighted by molar-refractivity contribution is 0.0779. The molecule has 1 amide bonds. The maximum Gasteiger partial charge on any atom is 0.274 e. The standard InChI is InChI=1S/C15H20N4O/c1-12-3-5-13(6-4-12)9-18(2)15(20)14-10-19(8-7-16)11-17-14/h3-6,10-11H,7-9,16H2,1-2H3. The molecule has 5 heteroatoms. The highest BCUT2D eigenvalue weighted by molar-refractivity contribution is 5.91. The van der Waals surface area contributed by atoms with Gasteiger partial charge < -0.3 is 15.2 Å². The first-order chi connectivity index (χ1) is 9.60. The SMILES string of the molecule is Cc1ccc(CN(C)C(=O)c2cn(CCN)cn2)cc1. The average Bonchev–Trinajstić information content (AvgIpc) is 2.89. The van der Waals surface area contributed by atoms with E-state index in [-0.39, 0.29) is 5.91 Å². The van der Waals surface area contributed by atoms with E-state index >= 15 is 0 Å². The molecule has 1 heterocycles. The van der Waals surface area contributed by atoms with Crippen LogP contribution in [0.5, 0.6) is 0 Å². The Kier molecular flexibility index (Phi) is 4.53. The number of benzene rings is 1. The van der Waals surface area contributed by atoms with Gasteiger partial charge in [-0.2, -0.15) is 0 Å². The minimum Gasteiger partial charge on any atom is -0.336 e. The van der Waals surface area contributed by atoms with Gasteiger partial charge in [-0.05, 0) is 12.5 Å². The van der Waals surface area contributed by atoms with Crippen molar-refractivity contribution in [3.8, 4) is 0 Å². The van der Waals surface area contributed by atoms with Crippen molar-refractivity contribution in [2.24, 2.45) is 5.73 Å². The average molecular weight is 272 g/mol. The van der Waals surface area contributed by atoms with Crippen molar-refractivity contribution in [3.63, 3.8) is 0 Å². The van der Waals surface area contributed by atoms with Gasteiger partial charge in [0.05, 0.1) is 6.33 Å². The van der Waals surface area contributed by atoms with E-state index in [1.54, 1.807) is 24.5 Å². The van der Waals surface area contributed by atoms with Crippen LogP contribution in [-0.4, -0.2) is 34.0 Å². The summed E-state index contributed by atoms with van der Waals surface area (Å²) >= 11 is 0. The molecule has 20 heavy (non-hydrogen) atoms. The Labute approximate surface area is 119 Å². The number of aryl methyl sites for hydroxylation is 1. The monoisotopic (exact) mass is 272 g/mol. The molecule has 1 aromatic heterocycles. The Morgan fingerprint density at radius 3 is 2.70 bits per heavy atom. The quantitative estimate of drug-likeness (QED) is 0.895. The summed E-state index contributed by atoms with van der Waals surface area (Å²) in [6.07, 6.45) is 3.38. The minimum absolute atomic E-state index is 0.0821. The van der Waals surface area contributed by atoms with Crippen molar-refractivity contribution in [2.75, 3.05) is 13.6 Å². The normalized spacial score (nSPS) is 10.6. The summed E-state index contributed by atoms with van der Waals surface area (Å²) in [5.41, 5.74) is 8.24. The molecule has 2 aromatic rings. The molecule has 0 radical (unpaired) electrons. The second kappa shape index (κ2) is 6.34. The molecule has 106 valence electrons. The first kappa shape index (κ1) is 14.3. The predicted octanol–water partition coefficient (Wildman–Crippen LogP) is 1.42. The van der Waals surface area contributed by atoms with Gasteiger partial charge in [0.15, 0.2) is 0 Å². The Bertz CT molecular complexity index is 574. The van der Waals surface area contributed by atoms with Gasteiger partial charge in [0.25, 0.3) is 5.91 Å². The fourth-order valence-corrected chi connectivity index (χ4v) is 1.98. The molecular weight excluding hydrogens is 252 g/mol. The second-order valence-corrected chi connectivity index (χ2v) is 4.93. The van der Waals surface area contributed by atoms with E-state index in [4.69, 9.17) is 5.73 Å². The van der Waals surface area contributed by atoms with E-state index in [1.807, 2.05) is 35.8 Å². The maximum absolute atomic E-state index is 12.3. The topological polar surface area (TPSA) is 64.2 Å². The molecule has 0 aliphatic heterocycles. The van der Waals surface area contributed by atoms with Crippen LogP contribution < -0.4 is 5.73 Å². The van der Waals surface area contributed by atoms with Crippen molar-refractivity contribution in [1.82, 2.24) is 14.5 Å². The highest BCUT2D eigenvalue weighted by atomic mass is 16.2. The molecule has 0 spiro atoms. The van der Waals surface area contributed by atoms with Crippen LogP contribution in [0.25, 0.3) is 0 Å². The third-order valence-corrected chi connectivity index (χ3v) is 3.13. The molecule has 0 saturated heterocycles. The summed E-state index contributed by atoms with van der Waals surface area (Å²) in [6, 6.07) is 8.16. The number of imidazole rings is 1. The van der Waals surface area contributed by atoms with Crippen LogP contribution in [0.1, 0.15) is 21.6 Å². The second-order valence-electron chi connectivity index (χ2n) is 4.93. The lowest BCUT2D eigenvalue weighted by Gasteiger charge is -2.16. The number of hydrogen-bond donors (Lipinski definition) is 1. The molecule has 0 unspecified atom stereocenters. The van der Waals surface area contributed by atoms with Crippen LogP contribution in [0, 0.1) is 6.92 Å². The zero-order chi connectivity index (χ0) is 14.5. The van der Waals surface area contributed by atoms with E-state index in [9.17, 15) is 4.79 Å². The Balaban J connectivity index is 2.02. The Morgan fingerprint density at radius 1 is 1.35 bits per heavy atom. The van der Waals surface area contributed by atoms with Crippen molar-refractivity contribution < 1.29 is 4.79 Å². The summed E-state index contributed by atoms with van der Waals surface area (Å²) in [5.74, 6) is -0.0821. The molecule has 2 N–H and O–H groups in total. The third kappa shape index (κ3) is 3.45. The van der Waals surface area contributed by atoms with Gasteiger partial charge >= 0.3 is 0 Å². The van der Waals surface area contributed by atoms with Gasteiger partial charge in [0, 0.05) is 32.9 Å². The molecule has 0 bridgehead atoms. The molecule has 0 aliphatic rings. The molecule has 0 saturated carbocycles. The van der Waals surface area contributed by atoms with Crippen LogP contribution >= 0.6 is 0 Å². The fraction of sp³-hybridized carbons (Fsp3) is 0.333. The van der Waals surface area contributed by atoms with Crippen molar-refractivity contribution >= 4 is 5.91 Å². The van der Waals surface area contributed by atoms with Crippen molar-refractivity contribution in [2.45, 2.75) is 20.0 Å². The summed E-state index contributed by atoms with van der Waals surface area (Å²) in [4.78, 5) is 18.0. The number of aromatic nitrogens is 2. The number of nitrogens with two attached hydrogens (primary N) is 1. The Hall–Kier alpha value is -2.14. The van der Waals surface area contributed by atoms with Crippen LogP contribution in [0.4, 0.5) is 0 Å². The largest absolute Gasteiger partial charge is 0.336 e. The minimum atomic E-state index is -0.0821. The van der Waals surface area contributed by atoms with Gasteiger partial charge in [-0.1, -0.05) is 29.8 Å². The number of amides is 1. The predicted molar refractivity (Wildman–Crippen MR) is 78.3 cm³/mol. The fourth-order valence-electron chi connectivity index (χ4n) is 1.98. The molecule has 0 aliphatic carbocycles. The zero-order valence-electron chi connectivity index (χ0n) is 11.9. The van der Waals surface area contributed by atoms with Crippen molar-refractivity contribution in [3.05, 3.63) is 53.6 Å². The highest BCUT2D eigenvalue weighted by Gasteiger charge is 2.14. The van der Waals surface area contributed by atoms with Gasteiger partial charge in [0.2, 0.25) is 0 Å². The smallest absolute Gasteiger partial charge is 0.274 e. The van der Waals surface area contributed by atoms with E-state index in [0.29, 0.717) is 25.3 Å². The number of rotatable bonds is 5. The van der Waals surface area contributed by atoms with Crippen LogP contribution in [-0.2, 0) is 13.1 Å². The van der Waals surface area contributed by atoms with Gasteiger partial charge in [0.1, 0.15) is 5.69 Å². The molecule has 2 rings (SSSR count). The lowest BCUT2D eigenvalue weighted by Crippen LogP contribution is -2.26. The number of carbonyl (C=O) groups excluding carboxylic acids is 1. The molecular formula is C15H20N4O. The van der Waals surface area contributed by atoms with Gasteiger partial charge in [-0.25, -0.2) is 4.98 Å². The first-order valence-corrected chi connectivity index (χ1v) is 6.63. The van der Waals surface area contributed by atoms with Gasteiger partial charge in [-0.3, -0.25) is 4.79 Å². The molecule has 0 atom stereocenters. The number of nitrogens with zero attached hydrogens (tertiary/aromatic N) is 3. The first-order valence-electron chi connectivity index (χ1n) is 6.63. The van der Waals surface area contributed by atoms with Crippen LogP contribution in [0.15, 0.2) is 36.8 Å². The van der Waals surface area contributed by atoms with E-state index in [0.717, 1.165) is 5.56 Å². The van der Waals surface area contributed by atoms with E-state index in [2.05, 4.69) is 4.98 Å². The zero-order valence-corrected chi connectivity index (χ0v) is 11.9. The van der Waals surface area contributed by atoms with E-state index in [1.165, 1.54) is 5.56 Å². The maximum atomic E-state index is 12.3. The number of carbonyl (C=O) groups is 1. The molecule has 1 aromatic carbocycles. The van der Waals surface area contributed by atoms with Crippen molar-refractivity contribution in [1.29, 1.82) is 0 Å². The summed E-state index contributed by atoms with van der Waals surface area (Å²) in [5, 5.41) is 0.